The van der Waals surface area contributed by atoms with E-state index in [-0.39, 0.29) is 5.91 Å². The van der Waals surface area contributed by atoms with Crippen LogP contribution in [0.2, 0.25) is 10.0 Å². The molecule has 0 saturated carbocycles. The minimum absolute atomic E-state index is 0.0337. The lowest BCUT2D eigenvalue weighted by molar-refractivity contribution is -0.116. The molecule has 5 rings (SSSR count). The molecule has 170 valence electrons. The van der Waals surface area contributed by atoms with E-state index in [2.05, 4.69) is 22.4 Å². The van der Waals surface area contributed by atoms with Gasteiger partial charge in [0.15, 0.2) is 0 Å². The molecule has 5 aromatic rings. The third kappa shape index (κ3) is 4.65. The lowest BCUT2D eigenvalue weighted by Gasteiger charge is -2.09. The first kappa shape index (κ1) is 22.5. The molecule has 0 aliphatic rings. The van der Waals surface area contributed by atoms with Gasteiger partial charge in [-0.15, -0.1) is 0 Å². The second-order valence-electron chi connectivity index (χ2n) is 8.42. The summed E-state index contributed by atoms with van der Waals surface area (Å²) in [5, 5.41) is 6.42. The number of hydrogen-bond acceptors (Lipinski definition) is 2. The van der Waals surface area contributed by atoms with Crippen molar-refractivity contribution in [1.29, 1.82) is 0 Å². The average molecular weight is 488 g/mol. The number of H-pyrrole nitrogens is 1. The Morgan fingerprint density at radius 2 is 1.76 bits per heavy atom. The van der Waals surface area contributed by atoms with Crippen molar-refractivity contribution in [3.8, 4) is 11.4 Å². The second-order valence-corrected chi connectivity index (χ2v) is 9.29. The number of amides is 1. The van der Waals surface area contributed by atoms with Gasteiger partial charge >= 0.3 is 0 Å². The normalized spacial score (nSPS) is 11.3. The number of benzene rings is 3. The monoisotopic (exact) mass is 487 g/mol. The van der Waals surface area contributed by atoms with Crippen LogP contribution in [-0.2, 0) is 11.2 Å². The lowest BCUT2D eigenvalue weighted by atomic mass is 10.0. The third-order valence-electron chi connectivity index (χ3n) is 6.03. The van der Waals surface area contributed by atoms with Gasteiger partial charge in [0.25, 0.3) is 0 Å². The Morgan fingerprint density at radius 3 is 2.65 bits per heavy atom. The molecule has 34 heavy (non-hydrogen) atoms. The van der Waals surface area contributed by atoms with Crippen molar-refractivity contribution in [1.82, 2.24) is 9.97 Å². The number of carbonyl (C=O) groups is 1. The lowest BCUT2D eigenvalue weighted by Crippen LogP contribution is -2.12. The fourth-order valence-electron chi connectivity index (χ4n) is 4.27. The topological polar surface area (TPSA) is 57.8 Å². The highest BCUT2D eigenvalue weighted by Gasteiger charge is 2.16. The number of nitrogens with zero attached hydrogens (tertiary/aromatic N) is 1. The van der Waals surface area contributed by atoms with Crippen molar-refractivity contribution in [2.75, 3.05) is 5.32 Å². The largest absolute Gasteiger partial charge is 0.353 e. The maximum absolute atomic E-state index is 12.6. The van der Waals surface area contributed by atoms with Crippen LogP contribution in [0.5, 0.6) is 0 Å². The van der Waals surface area contributed by atoms with Crippen LogP contribution in [0, 0.1) is 6.92 Å². The molecule has 0 aliphatic heterocycles. The van der Waals surface area contributed by atoms with Crippen LogP contribution in [-0.4, -0.2) is 15.9 Å². The molecule has 0 unspecified atom stereocenters. The van der Waals surface area contributed by atoms with E-state index >= 15 is 0 Å². The van der Waals surface area contributed by atoms with Crippen molar-refractivity contribution >= 4 is 56.6 Å². The van der Waals surface area contributed by atoms with Gasteiger partial charge in [-0.05, 0) is 73.4 Å². The summed E-state index contributed by atoms with van der Waals surface area (Å²) < 4.78 is 0. The fourth-order valence-corrected chi connectivity index (χ4v) is 4.62. The number of fused-ring (bicyclic) bond motifs is 2. The summed E-state index contributed by atoms with van der Waals surface area (Å²) in [6, 6.07) is 23.5. The maximum Gasteiger partial charge on any atom is 0.224 e. The van der Waals surface area contributed by atoms with Crippen LogP contribution >= 0.6 is 23.2 Å². The number of para-hydroxylation sites is 1. The number of aromatic amines is 1. The van der Waals surface area contributed by atoms with Crippen molar-refractivity contribution in [2.24, 2.45) is 0 Å². The first-order valence-electron chi connectivity index (χ1n) is 11.2. The van der Waals surface area contributed by atoms with E-state index < -0.39 is 0 Å². The fraction of sp³-hybridized carbons (Fsp3) is 0.143. The van der Waals surface area contributed by atoms with Gasteiger partial charge in [0, 0.05) is 38.4 Å². The van der Waals surface area contributed by atoms with Crippen LogP contribution in [0.15, 0.2) is 72.8 Å². The van der Waals surface area contributed by atoms with Crippen molar-refractivity contribution in [2.45, 2.75) is 26.2 Å². The van der Waals surface area contributed by atoms with Crippen LogP contribution in [0.25, 0.3) is 33.2 Å². The number of anilines is 1. The Hall–Kier alpha value is -3.34. The first-order chi connectivity index (χ1) is 16.5. The second kappa shape index (κ2) is 9.49. The van der Waals surface area contributed by atoms with E-state index in [1.807, 2.05) is 61.5 Å². The Labute approximate surface area is 207 Å². The molecule has 4 nitrogen and oxygen atoms in total. The van der Waals surface area contributed by atoms with Gasteiger partial charge in [-0.3, -0.25) is 4.79 Å². The van der Waals surface area contributed by atoms with Crippen LogP contribution in [0.4, 0.5) is 5.69 Å². The molecule has 0 atom stereocenters. The molecule has 1 amide bonds. The average Bonchev–Trinajstić information content (AvgIpc) is 3.19. The molecule has 0 saturated heterocycles. The Morgan fingerprint density at radius 1 is 0.971 bits per heavy atom. The zero-order chi connectivity index (χ0) is 23.7. The zero-order valence-corrected chi connectivity index (χ0v) is 20.2. The summed E-state index contributed by atoms with van der Waals surface area (Å²) >= 11 is 12.4. The molecule has 0 bridgehead atoms. The number of rotatable bonds is 6. The Bertz CT molecular complexity index is 1520. The summed E-state index contributed by atoms with van der Waals surface area (Å²) in [5.74, 6) is -0.0337. The molecular weight excluding hydrogens is 465 g/mol. The molecule has 0 aliphatic carbocycles. The highest BCUT2D eigenvalue weighted by atomic mass is 35.5. The molecule has 3 aromatic carbocycles. The van der Waals surface area contributed by atoms with E-state index in [9.17, 15) is 4.79 Å². The highest BCUT2D eigenvalue weighted by molar-refractivity contribution is 6.31. The first-order valence-corrected chi connectivity index (χ1v) is 12.0. The number of pyridine rings is 1. The molecule has 0 fully saturated rings. The summed E-state index contributed by atoms with van der Waals surface area (Å²) in [6.45, 7) is 1.95. The van der Waals surface area contributed by atoms with Crippen LogP contribution in [0.1, 0.15) is 24.0 Å². The third-order valence-corrected chi connectivity index (χ3v) is 6.50. The van der Waals surface area contributed by atoms with Crippen LogP contribution < -0.4 is 5.32 Å². The van der Waals surface area contributed by atoms with Crippen molar-refractivity contribution in [3.05, 3.63) is 94.0 Å². The van der Waals surface area contributed by atoms with E-state index in [0.717, 1.165) is 50.0 Å². The van der Waals surface area contributed by atoms with E-state index in [1.165, 1.54) is 0 Å². The van der Waals surface area contributed by atoms with Gasteiger partial charge in [0.1, 0.15) is 0 Å². The highest BCUT2D eigenvalue weighted by Crippen LogP contribution is 2.33. The number of halogens is 2. The SMILES string of the molecule is Cc1ccc(Cl)cc1NC(=O)CCCc1c(-c2ccc3ccccc3n2)[nH]c2ccc(Cl)cc12. The predicted octanol–water partition coefficient (Wildman–Crippen LogP) is 7.96. The van der Waals surface area contributed by atoms with Gasteiger partial charge in [-0.2, -0.15) is 0 Å². The summed E-state index contributed by atoms with van der Waals surface area (Å²) in [5.41, 5.74) is 6.63. The number of carbonyl (C=O) groups excluding carboxylic acids is 1. The Balaban J connectivity index is 1.41. The number of aromatic nitrogens is 2. The maximum atomic E-state index is 12.6. The number of aryl methyl sites for hydroxylation is 2. The molecular formula is C28H23Cl2N3O. The number of hydrogen-bond donors (Lipinski definition) is 2. The molecule has 0 radical (unpaired) electrons. The zero-order valence-electron chi connectivity index (χ0n) is 18.7. The summed E-state index contributed by atoms with van der Waals surface area (Å²) in [7, 11) is 0. The number of nitrogens with one attached hydrogen (secondary N) is 2. The van der Waals surface area contributed by atoms with E-state index in [1.54, 1.807) is 6.07 Å². The van der Waals surface area contributed by atoms with Gasteiger partial charge < -0.3 is 10.3 Å². The molecule has 0 spiro atoms. The quantitative estimate of drug-likeness (QED) is 0.255. The molecule has 6 heteroatoms. The molecule has 2 heterocycles. The smallest absolute Gasteiger partial charge is 0.224 e. The van der Waals surface area contributed by atoms with E-state index in [4.69, 9.17) is 28.2 Å². The van der Waals surface area contributed by atoms with Crippen molar-refractivity contribution in [3.63, 3.8) is 0 Å². The molecule has 2 aromatic heterocycles. The van der Waals surface area contributed by atoms with Crippen LogP contribution in [0.3, 0.4) is 0 Å². The van der Waals surface area contributed by atoms with E-state index in [0.29, 0.717) is 29.3 Å². The minimum Gasteiger partial charge on any atom is -0.353 e. The Kier molecular flexibility index (Phi) is 6.27. The van der Waals surface area contributed by atoms with Crippen molar-refractivity contribution < 1.29 is 4.79 Å². The van der Waals surface area contributed by atoms with Gasteiger partial charge in [-0.1, -0.05) is 53.5 Å². The van der Waals surface area contributed by atoms with Gasteiger partial charge in [0.05, 0.1) is 16.9 Å². The summed E-state index contributed by atoms with van der Waals surface area (Å²) in [6.07, 6.45) is 1.79. The minimum atomic E-state index is -0.0337. The standard InChI is InChI=1S/C28H23Cl2N3O/c1-17-9-11-20(30)16-26(17)32-27(34)8-4-6-21-22-15-19(29)12-14-24(22)33-28(21)25-13-10-18-5-2-3-7-23(18)31-25/h2-3,5,7,9-16,33H,4,6,8H2,1H3,(H,32,34). The molecule has 2 N–H and O–H groups in total. The van der Waals surface area contributed by atoms with Gasteiger partial charge in [0.2, 0.25) is 5.91 Å². The summed E-state index contributed by atoms with van der Waals surface area (Å²) in [4.78, 5) is 21.0. The van der Waals surface area contributed by atoms with Gasteiger partial charge in [-0.25, -0.2) is 4.98 Å². The predicted molar refractivity (Wildman–Crippen MR) is 142 cm³/mol.